The molecule has 3 heteroatoms. The Morgan fingerprint density at radius 2 is 1.92 bits per heavy atom. The molecule has 1 aromatic rings. The fourth-order valence-electron chi connectivity index (χ4n) is 4.52. The molecule has 0 spiro atoms. The van der Waals surface area contributed by atoms with Crippen LogP contribution in [0.15, 0.2) is 24.3 Å². The van der Waals surface area contributed by atoms with Gasteiger partial charge in [-0.3, -0.25) is 4.79 Å². The molecule has 24 heavy (non-hydrogen) atoms. The van der Waals surface area contributed by atoms with Gasteiger partial charge in [0, 0.05) is 19.0 Å². The maximum Gasteiger partial charge on any atom is 0.225 e. The molecule has 0 atom stereocenters. The Balaban J connectivity index is 1.27. The zero-order valence-corrected chi connectivity index (χ0v) is 14.7. The number of amides is 1. The minimum Gasteiger partial charge on any atom is -0.390 e. The summed E-state index contributed by atoms with van der Waals surface area (Å²) >= 11 is 0. The Bertz CT molecular complexity index is 604. The number of nitrogens with zero attached hydrogens (tertiary/aromatic N) is 1. The van der Waals surface area contributed by atoms with Crippen LogP contribution in [0.25, 0.3) is 0 Å². The molecule has 0 bridgehead atoms. The van der Waals surface area contributed by atoms with Crippen LogP contribution in [0, 0.1) is 11.8 Å². The average molecular weight is 327 g/mol. The third kappa shape index (κ3) is 3.51. The fraction of sp³-hybridized carbons (Fsp3) is 0.667. The Morgan fingerprint density at radius 3 is 2.54 bits per heavy atom. The van der Waals surface area contributed by atoms with E-state index in [0.29, 0.717) is 18.8 Å². The maximum atomic E-state index is 12.5. The third-order valence-electron chi connectivity index (χ3n) is 6.17. The standard InChI is InChI=1S/C21H29NO2/c1-21(24)13-19(14-21)20(23)22-9-7-15(8-10-22)11-16-3-2-4-18(12-16)17-5-6-17/h2-4,12,15,17,19,24H,5-11,13-14H2,1H3. The van der Waals surface area contributed by atoms with Gasteiger partial charge in [0.2, 0.25) is 5.91 Å². The molecule has 1 heterocycles. The number of hydrogen-bond donors (Lipinski definition) is 1. The van der Waals surface area contributed by atoms with Crippen molar-refractivity contribution in [3.8, 4) is 0 Å². The normalized spacial score (nSPS) is 30.9. The van der Waals surface area contributed by atoms with Gasteiger partial charge in [-0.25, -0.2) is 0 Å². The lowest BCUT2D eigenvalue weighted by atomic mass is 9.71. The first-order chi connectivity index (χ1) is 11.5. The third-order valence-corrected chi connectivity index (χ3v) is 6.17. The number of likely N-dealkylation sites (tertiary alicyclic amines) is 1. The zero-order chi connectivity index (χ0) is 16.7. The van der Waals surface area contributed by atoms with Gasteiger partial charge in [-0.1, -0.05) is 24.3 Å². The molecular weight excluding hydrogens is 298 g/mol. The topological polar surface area (TPSA) is 40.5 Å². The summed E-state index contributed by atoms with van der Waals surface area (Å²) in [6.45, 7) is 3.62. The van der Waals surface area contributed by atoms with E-state index < -0.39 is 5.60 Å². The molecule has 4 rings (SSSR count). The van der Waals surface area contributed by atoms with Crippen LogP contribution in [0.1, 0.15) is 62.5 Å². The lowest BCUT2D eigenvalue weighted by molar-refractivity contribution is -0.151. The smallest absolute Gasteiger partial charge is 0.225 e. The van der Waals surface area contributed by atoms with Crippen molar-refractivity contribution < 1.29 is 9.90 Å². The molecule has 0 aromatic heterocycles. The highest BCUT2D eigenvalue weighted by Crippen LogP contribution is 2.41. The quantitative estimate of drug-likeness (QED) is 0.919. The predicted molar refractivity (Wildman–Crippen MR) is 94.8 cm³/mol. The van der Waals surface area contributed by atoms with E-state index in [2.05, 4.69) is 24.3 Å². The zero-order valence-electron chi connectivity index (χ0n) is 14.7. The Hall–Kier alpha value is -1.35. The van der Waals surface area contributed by atoms with E-state index in [4.69, 9.17) is 0 Å². The van der Waals surface area contributed by atoms with Gasteiger partial charge in [-0.2, -0.15) is 0 Å². The van der Waals surface area contributed by atoms with Gasteiger partial charge in [0.05, 0.1) is 5.60 Å². The fourth-order valence-corrected chi connectivity index (χ4v) is 4.52. The summed E-state index contributed by atoms with van der Waals surface area (Å²) in [5, 5.41) is 9.83. The summed E-state index contributed by atoms with van der Waals surface area (Å²) in [5.74, 6) is 1.86. The van der Waals surface area contributed by atoms with Crippen LogP contribution < -0.4 is 0 Å². The van der Waals surface area contributed by atoms with Crippen molar-refractivity contribution in [2.24, 2.45) is 11.8 Å². The van der Waals surface area contributed by atoms with Crippen molar-refractivity contribution in [1.29, 1.82) is 0 Å². The first kappa shape index (κ1) is 16.1. The molecule has 1 amide bonds. The average Bonchev–Trinajstić information content (AvgIpc) is 3.38. The van der Waals surface area contributed by atoms with E-state index in [1.807, 2.05) is 11.8 Å². The highest BCUT2D eigenvalue weighted by atomic mass is 16.3. The molecule has 1 aliphatic heterocycles. The second-order valence-electron chi connectivity index (χ2n) is 8.59. The Labute approximate surface area is 145 Å². The van der Waals surface area contributed by atoms with Gasteiger partial charge in [-0.15, -0.1) is 0 Å². The second kappa shape index (κ2) is 6.18. The molecule has 1 saturated heterocycles. The van der Waals surface area contributed by atoms with E-state index in [1.165, 1.54) is 24.0 Å². The lowest BCUT2D eigenvalue weighted by Crippen LogP contribution is -2.51. The van der Waals surface area contributed by atoms with E-state index in [0.717, 1.165) is 38.3 Å². The predicted octanol–water partition coefficient (Wildman–Crippen LogP) is 3.51. The highest BCUT2D eigenvalue weighted by molar-refractivity contribution is 5.80. The van der Waals surface area contributed by atoms with Crippen LogP contribution in [0.5, 0.6) is 0 Å². The van der Waals surface area contributed by atoms with Gasteiger partial charge in [-0.05, 0) is 74.8 Å². The number of carbonyl (C=O) groups excluding carboxylic acids is 1. The molecule has 2 aliphatic carbocycles. The highest BCUT2D eigenvalue weighted by Gasteiger charge is 2.44. The van der Waals surface area contributed by atoms with Gasteiger partial charge >= 0.3 is 0 Å². The molecule has 2 saturated carbocycles. The van der Waals surface area contributed by atoms with Crippen LogP contribution in [-0.2, 0) is 11.2 Å². The van der Waals surface area contributed by atoms with Crippen molar-refractivity contribution in [3.63, 3.8) is 0 Å². The van der Waals surface area contributed by atoms with E-state index in [9.17, 15) is 9.90 Å². The number of piperidine rings is 1. The number of rotatable bonds is 4. The van der Waals surface area contributed by atoms with Crippen molar-refractivity contribution in [2.75, 3.05) is 13.1 Å². The maximum absolute atomic E-state index is 12.5. The van der Waals surface area contributed by atoms with E-state index in [1.54, 1.807) is 0 Å². The summed E-state index contributed by atoms with van der Waals surface area (Å²) in [6.07, 6.45) is 7.38. The van der Waals surface area contributed by atoms with Crippen LogP contribution in [0.2, 0.25) is 0 Å². The monoisotopic (exact) mass is 327 g/mol. The van der Waals surface area contributed by atoms with Crippen molar-refractivity contribution in [2.45, 2.75) is 63.4 Å². The van der Waals surface area contributed by atoms with Crippen LogP contribution in [0.4, 0.5) is 0 Å². The lowest BCUT2D eigenvalue weighted by Gasteiger charge is -2.43. The largest absolute Gasteiger partial charge is 0.390 e. The SMILES string of the molecule is CC1(O)CC(C(=O)N2CCC(Cc3cccc(C4CC4)c3)CC2)C1. The van der Waals surface area contributed by atoms with Gasteiger partial charge in [0.1, 0.15) is 0 Å². The number of benzene rings is 1. The van der Waals surface area contributed by atoms with Crippen LogP contribution in [-0.4, -0.2) is 34.6 Å². The first-order valence-corrected chi connectivity index (χ1v) is 9.60. The first-order valence-electron chi connectivity index (χ1n) is 9.60. The molecule has 3 nitrogen and oxygen atoms in total. The summed E-state index contributed by atoms with van der Waals surface area (Å²) in [5.41, 5.74) is 2.39. The Kier molecular flexibility index (Phi) is 4.16. The molecule has 130 valence electrons. The molecule has 0 unspecified atom stereocenters. The minimum atomic E-state index is -0.606. The van der Waals surface area contributed by atoms with E-state index >= 15 is 0 Å². The molecule has 3 aliphatic rings. The number of aliphatic hydroxyl groups is 1. The van der Waals surface area contributed by atoms with Crippen molar-refractivity contribution in [1.82, 2.24) is 4.90 Å². The van der Waals surface area contributed by atoms with Gasteiger partial charge in [0.15, 0.2) is 0 Å². The summed E-state index contributed by atoms with van der Waals surface area (Å²) in [7, 11) is 0. The minimum absolute atomic E-state index is 0.0618. The summed E-state index contributed by atoms with van der Waals surface area (Å²) < 4.78 is 0. The van der Waals surface area contributed by atoms with Crippen molar-refractivity contribution in [3.05, 3.63) is 35.4 Å². The van der Waals surface area contributed by atoms with E-state index in [-0.39, 0.29) is 11.8 Å². The summed E-state index contributed by atoms with van der Waals surface area (Å²) in [4.78, 5) is 14.5. The summed E-state index contributed by atoms with van der Waals surface area (Å²) in [6, 6.07) is 9.16. The molecule has 0 radical (unpaired) electrons. The van der Waals surface area contributed by atoms with Gasteiger partial charge in [0.25, 0.3) is 0 Å². The molecule has 3 fully saturated rings. The Morgan fingerprint density at radius 1 is 1.21 bits per heavy atom. The van der Waals surface area contributed by atoms with Crippen LogP contribution >= 0.6 is 0 Å². The number of carbonyl (C=O) groups is 1. The molecular formula is C21H29NO2. The van der Waals surface area contributed by atoms with Crippen LogP contribution in [0.3, 0.4) is 0 Å². The molecule has 1 aromatic carbocycles. The second-order valence-corrected chi connectivity index (χ2v) is 8.59. The van der Waals surface area contributed by atoms with Gasteiger partial charge < -0.3 is 10.0 Å². The number of hydrogen-bond acceptors (Lipinski definition) is 2. The van der Waals surface area contributed by atoms with Crippen molar-refractivity contribution >= 4 is 5.91 Å². The molecule has 1 N–H and O–H groups in total.